The van der Waals surface area contributed by atoms with E-state index in [1.54, 1.807) is 0 Å². The Kier molecular flexibility index (Phi) is 6.49. The van der Waals surface area contributed by atoms with E-state index < -0.39 is 0 Å². The van der Waals surface area contributed by atoms with Gasteiger partial charge in [0.25, 0.3) is 0 Å². The van der Waals surface area contributed by atoms with Crippen LogP contribution in [0.4, 0.5) is 0 Å². The molecule has 3 nitrogen and oxygen atoms in total. The van der Waals surface area contributed by atoms with Crippen LogP contribution in [-0.4, -0.2) is 43.3 Å². The molecule has 20 heavy (non-hydrogen) atoms. The summed E-state index contributed by atoms with van der Waals surface area (Å²) in [7, 11) is 2.22. The van der Waals surface area contributed by atoms with Crippen LogP contribution in [0.1, 0.15) is 60.3 Å². The zero-order chi connectivity index (χ0) is 15.4. The first-order valence-electron chi connectivity index (χ1n) is 8.24. The van der Waals surface area contributed by atoms with Crippen LogP contribution in [0.15, 0.2) is 0 Å². The Morgan fingerprint density at radius 2 is 1.80 bits per heavy atom. The van der Waals surface area contributed by atoms with E-state index in [0.717, 1.165) is 25.6 Å². The summed E-state index contributed by atoms with van der Waals surface area (Å²) in [5.74, 6) is 0.836. The Morgan fingerprint density at radius 3 is 2.20 bits per heavy atom. The van der Waals surface area contributed by atoms with Gasteiger partial charge in [0, 0.05) is 18.6 Å². The van der Waals surface area contributed by atoms with E-state index in [1.807, 2.05) is 0 Å². The normalized spacial score (nSPS) is 28.4. The second-order valence-corrected chi connectivity index (χ2v) is 7.91. The zero-order valence-electron chi connectivity index (χ0n) is 14.5. The number of hydrogen-bond donors (Lipinski definition) is 1. The molecule has 0 heterocycles. The van der Waals surface area contributed by atoms with Gasteiger partial charge >= 0.3 is 0 Å². The van der Waals surface area contributed by atoms with Crippen molar-refractivity contribution in [3.05, 3.63) is 0 Å². The Morgan fingerprint density at radius 1 is 1.25 bits per heavy atom. The minimum Gasteiger partial charge on any atom is -0.377 e. The van der Waals surface area contributed by atoms with Gasteiger partial charge in [-0.05, 0) is 57.9 Å². The maximum Gasteiger partial charge on any atom is 0.0597 e. The monoisotopic (exact) mass is 284 g/mol. The molecule has 0 saturated heterocycles. The van der Waals surface area contributed by atoms with Crippen molar-refractivity contribution in [2.75, 3.05) is 26.7 Å². The molecule has 0 aliphatic heterocycles. The van der Waals surface area contributed by atoms with Crippen molar-refractivity contribution < 1.29 is 4.74 Å². The van der Waals surface area contributed by atoms with E-state index in [-0.39, 0.29) is 5.54 Å². The lowest BCUT2D eigenvalue weighted by Crippen LogP contribution is -2.55. The molecule has 1 aliphatic rings. The summed E-state index contributed by atoms with van der Waals surface area (Å²) in [6, 6.07) is 0. The molecule has 0 spiro atoms. The predicted octanol–water partition coefficient (Wildman–Crippen LogP) is 3.28. The van der Waals surface area contributed by atoms with Gasteiger partial charge in [-0.25, -0.2) is 0 Å². The SMILES string of the molecule is CC(C)OCCN(C)C1(CN)CCC(C(C)(C)C)CC1. The average molecular weight is 284 g/mol. The molecule has 0 unspecified atom stereocenters. The van der Waals surface area contributed by atoms with E-state index in [0.29, 0.717) is 11.5 Å². The smallest absolute Gasteiger partial charge is 0.0597 e. The summed E-state index contributed by atoms with van der Waals surface area (Å²) in [6.45, 7) is 13.8. The van der Waals surface area contributed by atoms with Crippen molar-refractivity contribution in [3.8, 4) is 0 Å². The van der Waals surface area contributed by atoms with Gasteiger partial charge in [-0.1, -0.05) is 20.8 Å². The quantitative estimate of drug-likeness (QED) is 0.813. The fourth-order valence-electron chi connectivity index (χ4n) is 3.43. The largest absolute Gasteiger partial charge is 0.377 e. The van der Waals surface area contributed by atoms with Crippen LogP contribution in [0.25, 0.3) is 0 Å². The number of ether oxygens (including phenoxy) is 1. The lowest BCUT2D eigenvalue weighted by molar-refractivity contribution is 0.00464. The van der Waals surface area contributed by atoms with E-state index in [1.165, 1.54) is 25.7 Å². The standard InChI is InChI=1S/C17H36N2O/c1-14(2)20-12-11-19(6)17(13-18)9-7-15(8-10-17)16(3,4)5/h14-15H,7-13,18H2,1-6H3. The molecule has 0 radical (unpaired) electrons. The van der Waals surface area contributed by atoms with Crippen LogP contribution >= 0.6 is 0 Å². The molecule has 0 atom stereocenters. The molecule has 0 aromatic carbocycles. The summed E-state index contributed by atoms with van der Waals surface area (Å²) >= 11 is 0. The van der Waals surface area contributed by atoms with Crippen LogP contribution in [0.2, 0.25) is 0 Å². The number of nitrogens with two attached hydrogens (primary N) is 1. The number of likely N-dealkylation sites (N-methyl/N-ethyl adjacent to an activating group) is 1. The molecular weight excluding hydrogens is 248 g/mol. The Bertz CT molecular complexity index is 275. The van der Waals surface area contributed by atoms with Gasteiger partial charge in [-0.3, -0.25) is 4.90 Å². The van der Waals surface area contributed by atoms with Crippen molar-refractivity contribution in [2.45, 2.75) is 71.9 Å². The molecule has 0 bridgehead atoms. The van der Waals surface area contributed by atoms with Gasteiger partial charge in [-0.15, -0.1) is 0 Å². The highest BCUT2D eigenvalue weighted by Crippen LogP contribution is 2.42. The van der Waals surface area contributed by atoms with Gasteiger partial charge in [0.05, 0.1) is 12.7 Å². The number of rotatable bonds is 6. The fraction of sp³-hybridized carbons (Fsp3) is 1.00. The van der Waals surface area contributed by atoms with Crippen LogP contribution in [0.3, 0.4) is 0 Å². The Balaban J connectivity index is 2.53. The van der Waals surface area contributed by atoms with Crippen LogP contribution in [0, 0.1) is 11.3 Å². The topological polar surface area (TPSA) is 38.5 Å². The molecule has 1 aliphatic carbocycles. The van der Waals surface area contributed by atoms with E-state index in [9.17, 15) is 0 Å². The highest BCUT2D eigenvalue weighted by atomic mass is 16.5. The van der Waals surface area contributed by atoms with Crippen molar-refractivity contribution in [1.82, 2.24) is 4.90 Å². The third-order valence-electron chi connectivity index (χ3n) is 5.21. The van der Waals surface area contributed by atoms with Gasteiger partial charge in [0.1, 0.15) is 0 Å². The van der Waals surface area contributed by atoms with E-state index >= 15 is 0 Å². The van der Waals surface area contributed by atoms with Gasteiger partial charge < -0.3 is 10.5 Å². The fourth-order valence-corrected chi connectivity index (χ4v) is 3.43. The first-order chi connectivity index (χ1) is 9.21. The summed E-state index contributed by atoms with van der Waals surface area (Å²) in [5, 5.41) is 0. The molecule has 0 aromatic heterocycles. The van der Waals surface area contributed by atoms with Crippen LogP contribution < -0.4 is 5.73 Å². The van der Waals surface area contributed by atoms with Crippen molar-refractivity contribution in [1.29, 1.82) is 0 Å². The minimum atomic E-state index is 0.197. The summed E-state index contributed by atoms with van der Waals surface area (Å²) in [5.41, 5.74) is 6.77. The first kappa shape index (κ1) is 17.9. The summed E-state index contributed by atoms with van der Waals surface area (Å²) in [4.78, 5) is 2.45. The van der Waals surface area contributed by atoms with Gasteiger partial charge in [0.2, 0.25) is 0 Å². The van der Waals surface area contributed by atoms with Crippen LogP contribution in [0.5, 0.6) is 0 Å². The van der Waals surface area contributed by atoms with Gasteiger partial charge in [0.15, 0.2) is 0 Å². The van der Waals surface area contributed by atoms with Gasteiger partial charge in [-0.2, -0.15) is 0 Å². The number of nitrogens with zero attached hydrogens (tertiary/aromatic N) is 1. The molecule has 120 valence electrons. The predicted molar refractivity (Wildman–Crippen MR) is 86.9 cm³/mol. The van der Waals surface area contributed by atoms with E-state index in [2.05, 4.69) is 46.6 Å². The van der Waals surface area contributed by atoms with E-state index in [4.69, 9.17) is 10.5 Å². The molecule has 0 amide bonds. The van der Waals surface area contributed by atoms with Crippen molar-refractivity contribution in [3.63, 3.8) is 0 Å². The molecule has 0 aromatic rings. The summed E-state index contributed by atoms with van der Waals surface area (Å²) < 4.78 is 5.69. The van der Waals surface area contributed by atoms with Crippen molar-refractivity contribution in [2.24, 2.45) is 17.1 Å². The highest BCUT2D eigenvalue weighted by molar-refractivity contribution is 4.96. The third-order valence-corrected chi connectivity index (χ3v) is 5.21. The van der Waals surface area contributed by atoms with Crippen molar-refractivity contribution >= 4 is 0 Å². The molecule has 2 N–H and O–H groups in total. The number of hydrogen-bond acceptors (Lipinski definition) is 3. The lowest BCUT2D eigenvalue weighted by Gasteiger charge is -2.48. The zero-order valence-corrected chi connectivity index (χ0v) is 14.5. The average Bonchev–Trinajstić information content (AvgIpc) is 2.37. The second-order valence-electron chi connectivity index (χ2n) is 7.91. The Labute approximate surface area is 126 Å². The summed E-state index contributed by atoms with van der Waals surface area (Å²) in [6.07, 6.45) is 5.37. The molecule has 1 saturated carbocycles. The second kappa shape index (κ2) is 7.24. The first-order valence-corrected chi connectivity index (χ1v) is 8.24. The Hall–Kier alpha value is -0.120. The lowest BCUT2D eigenvalue weighted by atomic mass is 9.67. The minimum absolute atomic E-state index is 0.197. The molecule has 1 fully saturated rings. The molecular formula is C17H36N2O. The third kappa shape index (κ3) is 4.71. The highest BCUT2D eigenvalue weighted by Gasteiger charge is 2.40. The maximum absolute atomic E-state index is 6.14. The molecule has 1 rings (SSSR count). The maximum atomic E-state index is 6.14. The van der Waals surface area contributed by atoms with Crippen LogP contribution in [-0.2, 0) is 4.74 Å². The molecule has 3 heteroatoms.